The molecular formula is C15H15N3O. The van der Waals surface area contributed by atoms with E-state index >= 15 is 0 Å². The Morgan fingerprint density at radius 2 is 2.11 bits per heavy atom. The van der Waals surface area contributed by atoms with Crippen molar-refractivity contribution in [2.45, 2.75) is 6.92 Å². The number of furan rings is 1. The fraction of sp³-hybridized carbons (Fsp3) is 0.133. The third-order valence-corrected chi connectivity index (χ3v) is 3.01. The molecule has 2 aromatic heterocycles. The zero-order chi connectivity index (χ0) is 13.2. The van der Waals surface area contributed by atoms with E-state index in [1.165, 1.54) is 0 Å². The molecular weight excluding hydrogens is 238 g/mol. The summed E-state index contributed by atoms with van der Waals surface area (Å²) in [6.07, 6.45) is 1.79. The summed E-state index contributed by atoms with van der Waals surface area (Å²) in [5.74, 6) is 2.53. The van der Waals surface area contributed by atoms with Gasteiger partial charge in [-0.1, -0.05) is 12.1 Å². The first-order valence-electron chi connectivity index (χ1n) is 6.16. The summed E-state index contributed by atoms with van der Waals surface area (Å²) in [5.41, 5.74) is 2.99. The van der Waals surface area contributed by atoms with Crippen molar-refractivity contribution in [2.24, 2.45) is 0 Å². The second-order valence-corrected chi connectivity index (χ2v) is 4.39. The van der Waals surface area contributed by atoms with Crippen LogP contribution in [0.2, 0.25) is 0 Å². The van der Waals surface area contributed by atoms with Crippen LogP contribution >= 0.6 is 0 Å². The number of hydrogen-bond donors (Lipinski definition) is 2. The number of nitrogens with zero attached hydrogens (tertiary/aromatic N) is 1. The molecule has 0 bridgehead atoms. The van der Waals surface area contributed by atoms with E-state index in [1.54, 1.807) is 6.20 Å². The van der Waals surface area contributed by atoms with Crippen LogP contribution in [0.25, 0.3) is 22.8 Å². The fourth-order valence-corrected chi connectivity index (χ4v) is 1.99. The molecule has 0 radical (unpaired) electrons. The number of rotatable bonds is 3. The van der Waals surface area contributed by atoms with Gasteiger partial charge in [-0.2, -0.15) is 0 Å². The maximum absolute atomic E-state index is 5.58. The zero-order valence-electron chi connectivity index (χ0n) is 10.9. The van der Waals surface area contributed by atoms with E-state index in [-0.39, 0.29) is 0 Å². The Kier molecular flexibility index (Phi) is 2.83. The second kappa shape index (κ2) is 4.65. The van der Waals surface area contributed by atoms with Crippen LogP contribution in [0.1, 0.15) is 5.76 Å². The SMILES string of the molecule is CNc1cccc(-c2ncc(-c3ccc(C)o3)[nH]2)c1. The van der Waals surface area contributed by atoms with Gasteiger partial charge in [-0.15, -0.1) is 0 Å². The van der Waals surface area contributed by atoms with Crippen molar-refractivity contribution >= 4 is 5.69 Å². The van der Waals surface area contributed by atoms with Crippen molar-refractivity contribution in [1.29, 1.82) is 0 Å². The van der Waals surface area contributed by atoms with Crippen molar-refractivity contribution < 1.29 is 4.42 Å². The number of aryl methyl sites for hydroxylation is 1. The van der Waals surface area contributed by atoms with E-state index < -0.39 is 0 Å². The number of hydrogen-bond acceptors (Lipinski definition) is 3. The Balaban J connectivity index is 1.96. The number of nitrogens with one attached hydrogen (secondary N) is 2. The van der Waals surface area contributed by atoms with Crippen molar-refractivity contribution in [2.75, 3.05) is 12.4 Å². The standard InChI is InChI=1S/C15H15N3O/c1-10-6-7-14(19-10)13-9-17-15(18-13)11-4-3-5-12(8-11)16-2/h3-9,16H,1-2H3,(H,17,18). The molecule has 0 atom stereocenters. The van der Waals surface area contributed by atoms with Crippen LogP contribution in [0.15, 0.2) is 47.0 Å². The first-order chi connectivity index (χ1) is 9.26. The van der Waals surface area contributed by atoms with Crippen LogP contribution in [0, 0.1) is 6.92 Å². The molecule has 96 valence electrons. The maximum atomic E-state index is 5.58. The summed E-state index contributed by atoms with van der Waals surface area (Å²) >= 11 is 0. The molecule has 2 N–H and O–H groups in total. The Bertz CT molecular complexity index is 697. The second-order valence-electron chi connectivity index (χ2n) is 4.39. The van der Waals surface area contributed by atoms with Gasteiger partial charge in [0.2, 0.25) is 0 Å². The lowest BCUT2D eigenvalue weighted by atomic mass is 10.2. The van der Waals surface area contributed by atoms with E-state index in [4.69, 9.17) is 4.42 Å². The number of anilines is 1. The number of aromatic amines is 1. The van der Waals surface area contributed by atoms with Gasteiger partial charge >= 0.3 is 0 Å². The highest BCUT2D eigenvalue weighted by atomic mass is 16.3. The van der Waals surface area contributed by atoms with Crippen LogP contribution in [0.5, 0.6) is 0 Å². The van der Waals surface area contributed by atoms with Gasteiger partial charge in [-0.3, -0.25) is 0 Å². The van der Waals surface area contributed by atoms with Crippen LogP contribution in [0.4, 0.5) is 5.69 Å². The van der Waals surface area contributed by atoms with E-state index in [0.29, 0.717) is 0 Å². The largest absolute Gasteiger partial charge is 0.460 e. The minimum atomic E-state index is 0.807. The van der Waals surface area contributed by atoms with Gasteiger partial charge in [0.25, 0.3) is 0 Å². The molecule has 4 heteroatoms. The smallest absolute Gasteiger partial charge is 0.152 e. The maximum Gasteiger partial charge on any atom is 0.152 e. The molecule has 0 unspecified atom stereocenters. The van der Waals surface area contributed by atoms with E-state index in [2.05, 4.69) is 21.4 Å². The van der Waals surface area contributed by atoms with Crippen molar-refractivity contribution in [3.63, 3.8) is 0 Å². The van der Waals surface area contributed by atoms with E-state index in [1.807, 2.05) is 44.3 Å². The molecule has 19 heavy (non-hydrogen) atoms. The molecule has 0 aliphatic carbocycles. The highest BCUT2D eigenvalue weighted by Gasteiger charge is 2.08. The number of benzene rings is 1. The van der Waals surface area contributed by atoms with Gasteiger partial charge in [0.15, 0.2) is 5.76 Å². The molecule has 0 spiro atoms. The van der Waals surface area contributed by atoms with Gasteiger partial charge in [-0.05, 0) is 31.2 Å². The Morgan fingerprint density at radius 3 is 2.84 bits per heavy atom. The van der Waals surface area contributed by atoms with Crippen LogP contribution in [0.3, 0.4) is 0 Å². The summed E-state index contributed by atoms with van der Waals surface area (Å²) in [7, 11) is 1.90. The zero-order valence-corrected chi connectivity index (χ0v) is 10.9. The van der Waals surface area contributed by atoms with E-state index in [9.17, 15) is 0 Å². The van der Waals surface area contributed by atoms with E-state index in [0.717, 1.165) is 34.3 Å². The summed E-state index contributed by atoms with van der Waals surface area (Å²) in [6, 6.07) is 12.0. The number of aromatic nitrogens is 2. The van der Waals surface area contributed by atoms with Gasteiger partial charge in [0.05, 0.1) is 6.20 Å². The molecule has 0 saturated carbocycles. The monoisotopic (exact) mass is 253 g/mol. The predicted octanol–water partition coefficient (Wildman–Crippen LogP) is 3.69. The third kappa shape index (κ3) is 2.25. The lowest BCUT2D eigenvalue weighted by molar-refractivity contribution is 0.547. The molecule has 2 heterocycles. The third-order valence-electron chi connectivity index (χ3n) is 3.01. The molecule has 0 aliphatic rings. The van der Waals surface area contributed by atoms with Crippen molar-refractivity contribution in [3.8, 4) is 22.8 Å². The minimum Gasteiger partial charge on any atom is -0.460 e. The molecule has 3 aromatic rings. The first-order valence-corrected chi connectivity index (χ1v) is 6.16. The van der Waals surface area contributed by atoms with Gasteiger partial charge < -0.3 is 14.7 Å². The Labute approximate surface area is 111 Å². The molecule has 4 nitrogen and oxygen atoms in total. The Morgan fingerprint density at radius 1 is 1.21 bits per heavy atom. The molecule has 3 rings (SSSR count). The normalized spacial score (nSPS) is 10.6. The molecule has 0 fully saturated rings. The van der Waals surface area contributed by atoms with Gasteiger partial charge in [-0.25, -0.2) is 4.98 Å². The highest BCUT2D eigenvalue weighted by molar-refractivity contribution is 5.65. The highest BCUT2D eigenvalue weighted by Crippen LogP contribution is 2.25. The number of H-pyrrole nitrogens is 1. The average Bonchev–Trinajstić information content (AvgIpc) is 3.07. The quantitative estimate of drug-likeness (QED) is 0.748. The van der Waals surface area contributed by atoms with Gasteiger partial charge in [0, 0.05) is 18.3 Å². The van der Waals surface area contributed by atoms with Crippen molar-refractivity contribution in [1.82, 2.24) is 9.97 Å². The fourth-order valence-electron chi connectivity index (χ4n) is 1.99. The Hall–Kier alpha value is -2.49. The lowest BCUT2D eigenvalue weighted by Crippen LogP contribution is -1.88. The van der Waals surface area contributed by atoms with Crippen LogP contribution < -0.4 is 5.32 Å². The lowest BCUT2D eigenvalue weighted by Gasteiger charge is -2.01. The molecule has 0 saturated heterocycles. The minimum absolute atomic E-state index is 0.807. The molecule has 1 aromatic carbocycles. The average molecular weight is 253 g/mol. The summed E-state index contributed by atoms with van der Waals surface area (Å²) in [4.78, 5) is 7.68. The molecule has 0 amide bonds. The number of imidazole rings is 1. The topological polar surface area (TPSA) is 53.9 Å². The predicted molar refractivity (Wildman–Crippen MR) is 76.0 cm³/mol. The van der Waals surface area contributed by atoms with Crippen LogP contribution in [-0.4, -0.2) is 17.0 Å². The molecule has 0 aliphatic heterocycles. The first kappa shape index (κ1) is 11.6. The summed E-state index contributed by atoms with van der Waals surface area (Å²) in [6.45, 7) is 1.93. The summed E-state index contributed by atoms with van der Waals surface area (Å²) < 4.78 is 5.58. The van der Waals surface area contributed by atoms with Crippen molar-refractivity contribution in [3.05, 3.63) is 48.4 Å². The van der Waals surface area contributed by atoms with Crippen LogP contribution in [-0.2, 0) is 0 Å². The van der Waals surface area contributed by atoms with Gasteiger partial charge in [0.1, 0.15) is 17.3 Å². The summed E-state index contributed by atoms with van der Waals surface area (Å²) in [5, 5.41) is 3.12.